The highest BCUT2D eigenvalue weighted by Gasteiger charge is 2.31. The summed E-state index contributed by atoms with van der Waals surface area (Å²) in [5.41, 5.74) is 1.32. The number of amides is 1. The SMILES string of the molecule is CCNc1ccccc1C(=O)NC1(C)CCOC1. The van der Waals surface area contributed by atoms with Gasteiger partial charge in [0.25, 0.3) is 5.91 Å². The number of para-hydroxylation sites is 1. The molecule has 1 heterocycles. The molecule has 0 bridgehead atoms. The molecule has 1 atom stereocenters. The van der Waals surface area contributed by atoms with Crippen molar-refractivity contribution in [3.8, 4) is 0 Å². The van der Waals surface area contributed by atoms with Crippen molar-refractivity contribution in [3.63, 3.8) is 0 Å². The van der Waals surface area contributed by atoms with E-state index >= 15 is 0 Å². The Morgan fingerprint density at radius 2 is 2.22 bits per heavy atom. The fraction of sp³-hybridized carbons (Fsp3) is 0.500. The normalized spacial score (nSPS) is 22.8. The maximum atomic E-state index is 12.3. The summed E-state index contributed by atoms with van der Waals surface area (Å²) >= 11 is 0. The average molecular weight is 248 g/mol. The predicted octanol–water partition coefficient (Wildman–Crippen LogP) is 2.03. The molecule has 18 heavy (non-hydrogen) atoms. The Kier molecular flexibility index (Phi) is 3.87. The second-order valence-corrected chi connectivity index (χ2v) is 4.89. The molecule has 0 aromatic heterocycles. The lowest BCUT2D eigenvalue weighted by molar-refractivity contribution is 0.0890. The molecule has 1 amide bonds. The summed E-state index contributed by atoms with van der Waals surface area (Å²) in [6, 6.07) is 7.57. The van der Waals surface area contributed by atoms with Gasteiger partial charge in [-0.3, -0.25) is 4.79 Å². The van der Waals surface area contributed by atoms with Crippen LogP contribution >= 0.6 is 0 Å². The van der Waals surface area contributed by atoms with E-state index in [1.807, 2.05) is 38.1 Å². The lowest BCUT2D eigenvalue weighted by Gasteiger charge is -2.24. The molecule has 0 radical (unpaired) electrons. The summed E-state index contributed by atoms with van der Waals surface area (Å²) in [7, 11) is 0. The van der Waals surface area contributed by atoms with E-state index < -0.39 is 0 Å². The number of rotatable bonds is 4. The average Bonchev–Trinajstić information content (AvgIpc) is 2.77. The molecule has 0 saturated carbocycles. The molecule has 1 aromatic carbocycles. The number of hydrogen-bond acceptors (Lipinski definition) is 3. The second kappa shape index (κ2) is 5.40. The Bertz CT molecular complexity index is 426. The maximum absolute atomic E-state index is 12.3. The van der Waals surface area contributed by atoms with Crippen molar-refractivity contribution in [2.75, 3.05) is 25.1 Å². The molecule has 4 heteroatoms. The Hall–Kier alpha value is -1.55. The predicted molar refractivity (Wildman–Crippen MR) is 71.9 cm³/mol. The highest BCUT2D eigenvalue weighted by Crippen LogP contribution is 2.20. The van der Waals surface area contributed by atoms with Gasteiger partial charge < -0.3 is 15.4 Å². The molecule has 1 aliphatic rings. The number of carbonyl (C=O) groups is 1. The van der Waals surface area contributed by atoms with Crippen molar-refractivity contribution in [2.24, 2.45) is 0 Å². The van der Waals surface area contributed by atoms with E-state index in [-0.39, 0.29) is 11.4 Å². The van der Waals surface area contributed by atoms with Crippen LogP contribution in [-0.2, 0) is 4.74 Å². The third-order valence-electron chi connectivity index (χ3n) is 3.17. The fourth-order valence-electron chi connectivity index (χ4n) is 2.13. The number of nitrogens with one attached hydrogen (secondary N) is 2. The van der Waals surface area contributed by atoms with Gasteiger partial charge >= 0.3 is 0 Å². The summed E-state index contributed by atoms with van der Waals surface area (Å²) in [6.45, 7) is 6.13. The fourth-order valence-corrected chi connectivity index (χ4v) is 2.13. The van der Waals surface area contributed by atoms with Crippen LogP contribution in [-0.4, -0.2) is 31.2 Å². The van der Waals surface area contributed by atoms with Crippen LogP contribution in [0.1, 0.15) is 30.6 Å². The third kappa shape index (κ3) is 2.82. The largest absolute Gasteiger partial charge is 0.385 e. The summed E-state index contributed by atoms with van der Waals surface area (Å²) in [4.78, 5) is 12.3. The van der Waals surface area contributed by atoms with Crippen LogP contribution in [0.4, 0.5) is 5.69 Å². The van der Waals surface area contributed by atoms with E-state index in [4.69, 9.17) is 4.74 Å². The smallest absolute Gasteiger partial charge is 0.253 e. The van der Waals surface area contributed by atoms with Crippen LogP contribution in [0.3, 0.4) is 0 Å². The van der Waals surface area contributed by atoms with Gasteiger partial charge in [0.05, 0.1) is 17.7 Å². The lowest BCUT2D eigenvalue weighted by Crippen LogP contribution is -2.46. The van der Waals surface area contributed by atoms with Gasteiger partial charge in [0.2, 0.25) is 0 Å². The van der Waals surface area contributed by atoms with Crippen molar-refractivity contribution < 1.29 is 9.53 Å². The van der Waals surface area contributed by atoms with Gasteiger partial charge in [-0.1, -0.05) is 12.1 Å². The van der Waals surface area contributed by atoms with Crippen molar-refractivity contribution in [1.29, 1.82) is 0 Å². The number of benzene rings is 1. The number of carbonyl (C=O) groups excluding carboxylic acids is 1. The summed E-state index contributed by atoms with van der Waals surface area (Å²) in [6.07, 6.45) is 0.863. The molecule has 0 aliphatic carbocycles. The Morgan fingerprint density at radius 3 is 2.89 bits per heavy atom. The third-order valence-corrected chi connectivity index (χ3v) is 3.17. The van der Waals surface area contributed by atoms with Crippen LogP contribution in [0.5, 0.6) is 0 Å². The van der Waals surface area contributed by atoms with Crippen LogP contribution in [0.2, 0.25) is 0 Å². The second-order valence-electron chi connectivity index (χ2n) is 4.89. The van der Waals surface area contributed by atoms with Crippen LogP contribution in [0, 0.1) is 0 Å². The summed E-state index contributed by atoms with van der Waals surface area (Å²) < 4.78 is 5.34. The number of anilines is 1. The molecule has 1 saturated heterocycles. The molecule has 1 aliphatic heterocycles. The van der Waals surface area contributed by atoms with Gasteiger partial charge in [0.1, 0.15) is 0 Å². The minimum Gasteiger partial charge on any atom is -0.385 e. The molecule has 1 unspecified atom stereocenters. The van der Waals surface area contributed by atoms with E-state index in [1.165, 1.54) is 0 Å². The lowest BCUT2D eigenvalue weighted by atomic mass is 10.0. The van der Waals surface area contributed by atoms with Gasteiger partial charge in [0.15, 0.2) is 0 Å². The zero-order valence-corrected chi connectivity index (χ0v) is 11.0. The minimum absolute atomic E-state index is 0.0421. The Labute approximate surface area is 108 Å². The first-order valence-electron chi connectivity index (χ1n) is 6.38. The van der Waals surface area contributed by atoms with Gasteiger partial charge in [-0.25, -0.2) is 0 Å². The first kappa shape index (κ1) is 12.9. The molecule has 2 rings (SSSR count). The minimum atomic E-state index is -0.240. The van der Waals surface area contributed by atoms with E-state index in [1.54, 1.807) is 0 Å². The zero-order chi connectivity index (χ0) is 13.0. The highest BCUT2D eigenvalue weighted by molar-refractivity contribution is 6.00. The molecule has 0 spiro atoms. The molecular formula is C14H20N2O2. The van der Waals surface area contributed by atoms with Crippen molar-refractivity contribution in [3.05, 3.63) is 29.8 Å². The number of ether oxygens (including phenoxy) is 1. The van der Waals surface area contributed by atoms with E-state index in [0.717, 1.165) is 18.7 Å². The first-order chi connectivity index (χ1) is 8.64. The first-order valence-corrected chi connectivity index (χ1v) is 6.38. The van der Waals surface area contributed by atoms with E-state index in [0.29, 0.717) is 18.8 Å². The molecule has 98 valence electrons. The van der Waals surface area contributed by atoms with Crippen molar-refractivity contribution >= 4 is 11.6 Å². The van der Waals surface area contributed by atoms with Crippen LogP contribution in [0.25, 0.3) is 0 Å². The molecule has 2 N–H and O–H groups in total. The van der Waals surface area contributed by atoms with Gasteiger partial charge in [0, 0.05) is 18.8 Å². The molecular weight excluding hydrogens is 228 g/mol. The summed E-state index contributed by atoms with van der Waals surface area (Å²) in [5, 5.41) is 6.27. The van der Waals surface area contributed by atoms with E-state index in [9.17, 15) is 4.79 Å². The van der Waals surface area contributed by atoms with Crippen molar-refractivity contribution in [2.45, 2.75) is 25.8 Å². The van der Waals surface area contributed by atoms with Crippen LogP contribution in [0.15, 0.2) is 24.3 Å². The van der Waals surface area contributed by atoms with Gasteiger partial charge in [-0.05, 0) is 32.4 Å². The maximum Gasteiger partial charge on any atom is 0.253 e. The van der Waals surface area contributed by atoms with Crippen molar-refractivity contribution in [1.82, 2.24) is 5.32 Å². The zero-order valence-electron chi connectivity index (χ0n) is 11.0. The topological polar surface area (TPSA) is 50.4 Å². The molecule has 4 nitrogen and oxygen atoms in total. The van der Waals surface area contributed by atoms with Gasteiger partial charge in [-0.2, -0.15) is 0 Å². The standard InChI is InChI=1S/C14H20N2O2/c1-3-15-12-7-5-4-6-11(12)13(17)16-14(2)8-9-18-10-14/h4-7,15H,3,8-10H2,1-2H3,(H,16,17). The quantitative estimate of drug-likeness (QED) is 0.857. The Balaban J connectivity index is 2.13. The highest BCUT2D eigenvalue weighted by atomic mass is 16.5. The van der Waals surface area contributed by atoms with E-state index in [2.05, 4.69) is 10.6 Å². The molecule has 1 aromatic rings. The molecule has 1 fully saturated rings. The number of hydrogen-bond donors (Lipinski definition) is 2. The monoisotopic (exact) mass is 248 g/mol. The van der Waals surface area contributed by atoms with Gasteiger partial charge in [-0.15, -0.1) is 0 Å². The summed E-state index contributed by atoms with van der Waals surface area (Å²) in [5.74, 6) is -0.0421. The Morgan fingerprint density at radius 1 is 1.44 bits per heavy atom. The van der Waals surface area contributed by atoms with Crippen LogP contribution < -0.4 is 10.6 Å².